The molecular formula is C22H31N3O6S2. The molecule has 3 heterocycles. The van der Waals surface area contributed by atoms with Crippen LogP contribution in [0.2, 0.25) is 0 Å². The molecule has 2 unspecified atom stereocenters. The lowest BCUT2D eigenvalue weighted by Crippen LogP contribution is -2.52. The SMILES string of the molecule is CC(C)c1ccc(S(=O)(=O)N2CCN(C(=O)C3CC(=O)N(C4CCS(=O)(=O)C4)C3)CC2)cc1. The van der Waals surface area contributed by atoms with Crippen molar-refractivity contribution in [1.29, 1.82) is 0 Å². The minimum absolute atomic E-state index is 0.0334. The van der Waals surface area contributed by atoms with Crippen LogP contribution in [0.15, 0.2) is 29.2 Å². The van der Waals surface area contributed by atoms with Crippen molar-refractivity contribution in [2.75, 3.05) is 44.2 Å². The molecule has 3 aliphatic rings. The fourth-order valence-electron chi connectivity index (χ4n) is 4.85. The summed E-state index contributed by atoms with van der Waals surface area (Å²) in [5.74, 6) is -0.489. The second-order valence-corrected chi connectivity index (χ2v) is 13.6. The third kappa shape index (κ3) is 4.95. The molecule has 2 amide bonds. The Hall–Kier alpha value is -1.98. The number of benzene rings is 1. The number of sulfone groups is 1. The van der Waals surface area contributed by atoms with Gasteiger partial charge in [-0.05, 0) is 30.0 Å². The van der Waals surface area contributed by atoms with Crippen LogP contribution in [0, 0.1) is 5.92 Å². The molecule has 33 heavy (non-hydrogen) atoms. The van der Waals surface area contributed by atoms with E-state index in [4.69, 9.17) is 0 Å². The quantitative estimate of drug-likeness (QED) is 0.591. The number of hydrogen-bond acceptors (Lipinski definition) is 6. The van der Waals surface area contributed by atoms with E-state index in [2.05, 4.69) is 0 Å². The lowest BCUT2D eigenvalue weighted by atomic mass is 10.0. The van der Waals surface area contributed by atoms with Crippen molar-refractivity contribution in [3.05, 3.63) is 29.8 Å². The summed E-state index contributed by atoms with van der Waals surface area (Å²) in [5.41, 5.74) is 1.07. The molecule has 9 nitrogen and oxygen atoms in total. The average molecular weight is 498 g/mol. The fraction of sp³-hybridized carbons (Fsp3) is 0.636. The zero-order valence-electron chi connectivity index (χ0n) is 19.0. The molecule has 0 radical (unpaired) electrons. The third-order valence-electron chi connectivity index (χ3n) is 6.89. The van der Waals surface area contributed by atoms with Crippen LogP contribution in [0.1, 0.15) is 38.2 Å². The Morgan fingerprint density at radius 1 is 1.06 bits per heavy atom. The van der Waals surface area contributed by atoms with Gasteiger partial charge in [0.05, 0.1) is 22.3 Å². The molecule has 0 aliphatic carbocycles. The largest absolute Gasteiger partial charge is 0.340 e. The standard InChI is InChI=1S/C22H31N3O6S2/c1-16(2)17-3-5-20(6-4-17)33(30,31)24-10-8-23(9-11-24)22(27)18-13-21(26)25(14-18)19-7-12-32(28,29)15-19/h3-6,16,18-19H,7-15H2,1-2H3. The Kier molecular flexibility index (Phi) is 6.58. The Balaban J connectivity index is 1.35. The van der Waals surface area contributed by atoms with Crippen LogP contribution in [0.25, 0.3) is 0 Å². The topological polar surface area (TPSA) is 112 Å². The van der Waals surface area contributed by atoms with E-state index in [0.29, 0.717) is 12.3 Å². The van der Waals surface area contributed by atoms with Crippen LogP contribution in [-0.4, -0.2) is 93.0 Å². The zero-order valence-corrected chi connectivity index (χ0v) is 20.6. The average Bonchev–Trinajstić information content (AvgIpc) is 3.35. The second kappa shape index (κ2) is 8.99. The van der Waals surface area contributed by atoms with Gasteiger partial charge in [0.25, 0.3) is 0 Å². The fourth-order valence-corrected chi connectivity index (χ4v) is 8.00. The minimum atomic E-state index is -3.64. The van der Waals surface area contributed by atoms with Gasteiger partial charge >= 0.3 is 0 Å². The highest BCUT2D eigenvalue weighted by Gasteiger charge is 2.43. The maximum absolute atomic E-state index is 13.0. The van der Waals surface area contributed by atoms with Gasteiger partial charge in [0.2, 0.25) is 21.8 Å². The summed E-state index contributed by atoms with van der Waals surface area (Å²) in [4.78, 5) is 28.9. The highest BCUT2D eigenvalue weighted by molar-refractivity contribution is 7.91. The highest BCUT2D eigenvalue weighted by Crippen LogP contribution is 2.28. The van der Waals surface area contributed by atoms with Crippen LogP contribution >= 0.6 is 0 Å². The van der Waals surface area contributed by atoms with Crippen molar-refractivity contribution in [1.82, 2.24) is 14.1 Å². The molecule has 2 atom stereocenters. The summed E-state index contributed by atoms with van der Waals surface area (Å²) in [7, 11) is -6.75. The molecule has 4 rings (SSSR count). The second-order valence-electron chi connectivity index (χ2n) is 9.46. The summed E-state index contributed by atoms with van der Waals surface area (Å²) in [6, 6.07) is 6.57. The van der Waals surface area contributed by atoms with E-state index in [9.17, 15) is 26.4 Å². The number of nitrogens with zero attached hydrogens (tertiary/aromatic N) is 3. The van der Waals surface area contributed by atoms with Crippen molar-refractivity contribution in [2.45, 2.75) is 43.5 Å². The summed E-state index contributed by atoms with van der Waals surface area (Å²) in [6.07, 6.45) is 0.500. The monoisotopic (exact) mass is 497 g/mol. The van der Waals surface area contributed by atoms with Gasteiger partial charge in [-0.3, -0.25) is 9.59 Å². The number of sulfonamides is 1. The number of piperazine rings is 1. The molecule has 3 saturated heterocycles. The summed E-state index contributed by atoms with van der Waals surface area (Å²) < 4.78 is 50.9. The van der Waals surface area contributed by atoms with Gasteiger partial charge in [0, 0.05) is 45.2 Å². The molecule has 0 saturated carbocycles. The predicted molar refractivity (Wildman–Crippen MR) is 123 cm³/mol. The van der Waals surface area contributed by atoms with Gasteiger partial charge in [0.15, 0.2) is 9.84 Å². The number of amides is 2. The van der Waals surface area contributed by atoms with E-state index in [0.717, 1.165) is 5.56 Å². The maximum Gasteiger partial charge on any atom is 0.243 e. The van der Waals surface area contributed by atoms with E-state index in [-0.39, 0.29) is 73.4 Å². The minimum Gasteiger partial charge on any atom is -0.340 e. The van der Waals surface area contributed by atoms with Gasteiger partial charge in [-0.1, -0.05) is 26.0 Å². The molecule has 0 spiro atoms. The molecular weight excluding hydrogens is 466 g/mol. The lowest BCUT2D eigenvalue weighted by Gasteiger charge is -2.35. The Labute approximate surface area is 195 Å². The summed E-state index contributed by atoms with van der Waals surface area (Å²) >= 11 is 0. The van der Waals surface area contributed by atoms with Crippen LogP contribution < -0.4 is 0 Å². The first-order valence-corrected chi connectivity index (χ1v) is 14.6. The third-order valence-corrected chi connectivity index (χ3v) is 10.6. The molecule has 1 aromatic rings. The normalized spacial score (nSPS) is 26.3. The molecule has 182 valence electrons. The van der Waals surface area contributed by atoms with Crippen molar-refractivity contribution in [2.24, 2.45) is 5.92 Å². The number of rotatable bonds is 5. The smallest absolute Gasteiger partial charge is 0.243 e. The molecule has 11 heteroatoms. The first-order chi connectivity index (χ1) is 15.5. The number of likely N-dealkylation sites (tertiary alicyclic amines) is 1. The van der Waals surface area contributed by atoms with E-state index in [1.807, 2.05) is 26.0 Å². The van der Waals surface area contributed by atoms with Crippen LogP contribution in [-0.2, 0) is 29.4 Å². The Bertz CT molecular complexity index is 1120. The van der Waals surface area contributed by atoms with Gasteiger partial charge in [-0.25, -0.2) is 16.8 Å². The van der Waals surface area contributed by atoms with Crippen LogP contribution in [0.4, 0.5) is 0 Å². The van der Waals surface area contributed by atoms with Crippen LogP contribution in [0.3, 0.4) is 0 Å². The maximum atomic E-state index is 13.0. The van der Waals surface area contributed by atoms with Gasteiger partial charge in [-0.15, -0.1) is 0 Å². The molecule has 3 aliphatic heterocycles. The molecule has 1 aromatic carbocycles. The van der Waals surface area contributed by atoms with E-state index >= 15 is 0 Å². The summed E-state index contributed by atoms with van der Waals surface area (Å²) in [5, 5.41) is 0. The molecule has 0 bridgehead atoms. The first-order valence-electron chi connectivity index (χ1n) is 11.4. The van der Waals surface area contributed by atoms with Crippen molar-refractivity contribution < 1.29 is 26.4 Å². The van der Waals surface area contributed by atoms with Gasteiger partial charge in [-0.2, -0.15) is 4.31 Å². The first kappa shape index (κ1) is 24.2. The van der Waals surface area contributed by atoms with Crippen molar-refractivity contribution in [3.63, 3.8) is 0 Å². The summed E-state index contributed by atoms with van der Waals surface area (Å²) in [6.45, 7) is 5.27. The number of carbonyl (C=O) groups excluding carboxylic acids is 2. The molecule has 0 aromatic heterocycles. The van der Waals surface area contributed by atoms with Gasteiger partial charge in [0.1, 0.15) is 0 Å². The van der Waals surface area contributed by atoms with E-state index < -0.39 is 25.8 Å². The predicted octanol–water partition coefficient (Wildman–Crippen LogP) is 0.679. The molecule has 3 fully saturated rings. The van der Waals surface area contributed by atoms with E-state index in [1.54, 1.807) is 21.9 Å². The molecule has 0 N–H and O–H groups in total. The van der Waals surface area contributed by atoms with Gasteiger partial charge < -0.3 is 9.80 Å². The number of carbonyl (C=O) groups is 2. The van der Waals surface area contributed by atoms with Crippen LogP contribution in [0.5, 0.6) is 0 Å². The Morgan fingerprint density at radius 3 is 2.24 bits per heavy atom. The van der Waals surface area contributed by atoms with Crippen molar-refractivity contribution >= 4 is 31.7 Å². The van der Waals surface area contributed by atoms with Crippen molar-refractivity contribution in [3.8, 4) is 0 Å². The Morgan fingerprint density at radius 2 is 1.70 bits per heavy atom. The van der Waals surface area contributed by atoms with E-state index in [1.165, 1.54) is 4.31 Å². The zero-order chi connectivity index (χ0) is 24.0. The lowest BCUT2D eigenvalue weighted by molar-refractivity contribution is -0.137. The number of hydrogen-bond donors (Lipinski definition) is 0. The highest BCUT2D eigenvalue weighted by atomic mass is 32.2.